The van der Waals surface area contributed by atoms with Gasteiger partial charge in [0.2, 0.25) is 0 Å². The minimum absolute atomic E-state index is 0.823. The Morgan fingerprint density at radius 1 is 0.750 bits per heavy atom. The molecule has 0 atom stereocenters. The van der Waals surface area contributed by atoms with Crippen LogP contribution in [0.3, 0.4) is 0 Å². The van der Waals surface area contributed by atoms with Gasteiger partial charge < -0.3 is 10.1 Å². The fraction of sp³-hybridized carbons (Fsp3) is 1.00. The van der Waals surface area contributed by atoms with Crippen LogP contribution in [0.15, 0.2) is 0 Å². The van der Waals surface area contributed by atoms with Crippen LogP contribution in [0.1, 0.15) is 38.5 Å². The van der Waals surface area contributed by atoms with Gasteiger partial charge in [0.15, 0.2) is 0 Å². The van der Waals surface area contributed by atoms with Crippen LogP contribution in [0.2, 0.25) is 0 Å². The first-order valence-corrected chi connectivity index (χ1v) is 7.01. The third kappa shape index (κ3) is 2.41. The fourth-order valence-electron chi connectivity index (χ4n) is 3.36. The Kier molecular flexibility index (Phi) is 3.46. The fourth-order valence-corrected chi connectivity index (χ4v) is 3.36. The van der Waals surface area contributed by atoms with Crippen LogP contribution >= 0.6 is 0 Å². The summed E-state index contributed by atoms with van der Waals surface area (Å²) in [6.45, 7) is 4.41. The van der Waals surface area contributed by atoms with Crippen LogP contribution in [-0.2, 0) is 4.74 Å². The van der Waals surface area contributed by atoms with Crippen LogP contribution in [0.25, 0.3) is 0 Å². The summed E-state index contributed by atoms with van der Waals surface area (Å²) in [5.41, 5.74) is 0. The normalized spacial score (nSPS) is 29.8. The zero-order valence-electron chi connectivity index (χ0n) is 10.2. The van der Waals surface area contributed by atoms with Gasteiger partial charge in [-0.2, -0.15) is 0 Å². The number of ether oxygens (including phenoxy) is 1. The summed E-state index contributed by atoms with van der Waals surface area (Å²) in [6.07, 6.45) is 8.13. The molecule has 3 rings (SSSR count). The Morgan fingerprint density at radius 3 is 1.94 bits per heavy atom. The van der Waals surface area contributed by atoms with Gasteiger partial charge in [-0.15, -0.1) is 0 Å². The number of nitrogens with one attached hydrogen (secondary N) is 1. The summed E-state index contributed by atoms with van der Waals surface area (Å²) in [5, 5.41) is 3.48. The molecule has 0 spiro atoms. The van der Waals surface area contributed by atoms with E-state index in [1.165, 1.54) is 51.6 Å². The molecule has 92 valence electrons. The van der Waals surface area contributed by atoms with Crippen molar-refractivity contribution in [2.24, 2.45) is 0 Å². The first kappa shape index (κ1) is 11.0. The molecule has 0 amide bonds. The van der Waals surface area contributed by atoms with Crippen LogP contribution in [0.5, 0.6) is 0 Å². The zero-order valence-corrected chi connectivity index (χ0v) is 10.2. The highest BCUT2D eigenvalue weighted by Crippen LogP contribution is 2.35. The van der Waals surface area contributed by atoms with E-state index in [0.29, 0.717) is 0 Å². The molecule has 2 aliphatic heterocycles. The Hall–Kier alpha value is -0.120. The highest BCUT2D eigenvalue weighted by atomic mass is 16.5. The molecule has 1 N–H and O–H groups in total. The van der Waals surface area contributed by atoms with E-state index in [2.05, 4.69) is 10.2 Å². The second-order valence-electron chi connectivity index (χ2n) is 5.50. The largest absolute Gasteiger partial charge is 0.381 e. The number of piperidine rings is 1. The van der Waals surface area contributed by atoms with Gasteiger partial charge in [-0.1, -0.05) is 0 Å². The Morgan fingerprint density at radius 2 is 1.31 bits per heavy atom. The van der Waals surface area contributed by atoms with E-state index < -0.39 is 0 Å². The Bertz CT molecular complexity index is 200. The van der Waals surface area contributed by atoms with Crippen molar-refractivity contribution in [3.05, 3.63) is 0 Å². The average Bonchev–Trinajstić information content (AvgIpc) is 3.17. The minimum atomic E-state index is 0.823. The molecule has 3 nitrogen and oxygen atoms in total. The third-order valence-electron chi connectivity index (χ3n) is 4.31. The van der Waals surface area contributed by atoms with Gasteiger partial charge >= 0.3 is 0 Å². The monoisotopic (exact) mass is 224 g/mol. The topological polar surface area (TPSA) is 24.5 Å². The predicted molar refractivity (Wildman–Crippen MR) is 64.6 cm³/mol. The van der Waals surface area contributed by atoms with Gasteiger partial charge in [-0.05, 0) is 51.6 Å². The minimum Gasteiger partial charge on any atom is -0.381 e. The molecule has 16 heavy (non-hydrogen) atoms. The third-order valence-corrected chi connectivity index (χ3v) is 4.31. The van der Waals surface area contributed by atoms with E-state index in [4.69, 9.17) is 4.74 Å². The second kappa shape index (κ2) is 5.03. The first-order chi connectivity index (χ1) is 7.95. The van der Waals surface area contributed by atoms with Gasteiger partial charge in [0.1, 0.15) is 0 Å². The van der Waals surface area contributed by atoms with Crippen LogP contribution in [0, 0.1) is 0 Å². The molecule has 1 aliphatic carbocycles. The van der Waals surface area contributed by atoms with E-state index in [9.17, 15) is 0 Å². The summed E-state index contributed by atoms with van der Waals surface area (Å²) < 4.78 is 5.50. The molecule has 0 radical (unpaired) electrons. The summed E-state index contributed by atoms with van der Waals surface area (Å²) in [4.78, 5) is 2.88. The van der Waals surface area contributed by atoms with Crippen LogP contribution < -0.4 is 5.32 Å². The van der Waals surface area contributed by atoms with Crippen molar-refractivity contribution in [3.63, 3.8) is 0 Å². The maximum Gasteiger partial charge on any atom is 0.0480 e. The van der Waals surface area contributed by atoms with E-state index in [1.807, 2.05) is 0 Å². The average molecular weight is 224 g/mol. The molecule has 3 heteroatoms. The maximum absolute atomic E-state index is 5.50. The van der Waals surface area contributed by atoms with Crippen molar-refractivity contribution in [3.8, 4) is 0 Å². The lowest BCUT2D eigenvalue weighted by Gasteiger charge is -2.42. The quantitative estimate of drug-likeness (QED) is 0.784. The van der Waals surface area contributed by atoms with Crippen molar-refractivity contribution in [1.29, 1.82) is 0 Å². The van der Waals surface area contributed by atoms with Crippen LogP contribution in [0.4, 0.5) is 0 Å². The molecule has 3 aliphatic rings. The molecule has 3 fully saturated rings. The van der Waals surface area contributed by atoms with Gasteiger partial charge in [0.25, 0.3) is 0 Å². The van der Waals surface area contributed by atoms with Gasteiger partial charge in [0.05, 0.1) is 0 Å². The van der Waals surface area contributed by atoms with Crippen LogP contribution in [-0.4, -0.2) is 49.3 Å². The number of nitrogens with zero attached hydrogens (tertiary/aromatic N) is 1. The highest BCUT2D eigenvalue weighted by Gasteiger charge is 2.39. The molecule has 0 aromatic carbocycles. The lowest BCUT2D eigenvalue weighted by molar-refractivity contribution is 0.00621. The van der Waals surface area contributed by atoms with Crippen molar-refractivity contribution in [2.45, 2.75) is 56.7 Å². The zero-order chi connectivity index (χ0) is 10.8. The SMILES string of the molecule is C1CC(N(C2CCOCC2)C2CC2)CCN1. The highest BCUT2D eigenvalue weighted by molar-refractivity contribution is 4.94. The van der Waals surface area contributed by atoms with Crippen molar-refractivity contribution < 1.29 is 4.74 Å². The lowest BCUT2D eigenvalue weighted by Crippen LogP contribution is -2.50. The molecule has 2 heterocycles. The number of hydrogen-bond donors (Lipinski definition) is 1. The van der Waals surface area contributed by atoms with E-state index in [1.54, 1.807) is 0 Å². The van der Waals surface area contributed by atoms with Gasteiger partial charge in [0, 0.05) is 31.3 Å². The molecule has 1 saturated carbocycles. The van der Waals surface area contributed by atoms with E-state index >= 15 is 0 Å². The van der Waals surface area contributed by atoms with E-state index in [0.717, 1.165) is 31.3 Å². The number of rotatable bonds is 3. The summed E-state index contributed by atoms with van der Waals surface area (Å²) in [7, 11) is 0. The lowest BCUT2D eigenvalue weighted by atomic mass is 9.98. The molecular weight excluding hydrogens is 200 g/mol. The first-order valence-electron chi connectivity index (χ1n) is 7.01. The second-order valence-corrected chi connectivity index (χ2v) is 5.50. The Balaban J connectivity index is 1.64. The maximum atomic E-state index is 5.50. The van der Waals surface area contributed by atoms with Gasteiger partial charge in [-0.3, -0.25) is 4.90 Å². The van der Waals surface area contributed by atoms with Gasteiger partial charge in [-0.25, -0.2) is 0 Å². The molecular formula is C13H24N2O. The number of hydrogen-bond acceptors (Lipinski definition) is 3. The summed E-state index contributed by atoms with van der Waals surface area (Å²) in [5.74, 6) is 0. The molecule has 0 aromatic heterocycles. The molecule has 0 unspecified atom stereocenters. The standard InChI is InChI=1S/C13H24N2O/c1-2-11(1)15(12-3-7-14-8-4-12)13-5-9-16-10-6-13/h11-14H,1-10H2. The van der Waals surface area contributed by atoms with Crippen molar-refractivity contribution in [1.82, 2.24) is 10.2 Å². The summed E-state index contributed by atoms with van der Waals surface area (Å²) >= 11 is 0. The predicted octanol–water partition coefficient (Wildman–Crippen LogP) is 1.38. The molecule has 0 bridgehead atoms. The molecule has 0 aromatic rings. The van der Waals surface area contributed by atoms with E-state index in [-0.39, 0.29) is 0 Å². The smallest absolute Gasteiger partial charge is 0.0480 e. The Labute approximate surface area is 98.5 Å². The van der Waals surface area contributed by atoms with Crippen molar-refractivity contribution in [2.75, 3.05) is 26.3 Å². The molecule has 2 saturated heterocycles. The summed E-state index contributed by atoms with van der Waals surface area (Å²) in [6, 6.07) is 2.60. The van der Waals surface area contributed by atoms with Crippen molar-refractivity contribution >= 4 is 0 Å².